The van der Waals surface area contributed by atoms with Gasteiger partial charge in [-0.25, -0.2) is 4.98 Å². The molecule has 0 bridgehead atoms. The van der Waals surface area contributed by atoms with E-state index < -0.39 is 11.7 Å². The summed E-state index contributed by atoms with van der Waals surface area (Å²) in [5.74, 6) is 0.467. The van der Waals surface area contributed by atoms with Crippen LogP contribution < -0.4 is 10.6 Å². The van der Waals surface area contributed by atoms with Crippen LogP contribution in [0.1, 0.15) is 11.3 Å². The van der Waals surface area contributed by atoms with Gasteiger partial charge in [-0.15, -0.1) is 0 Å². The molecule has 0 amide bonds. The molecule has 1 aromatic heterocycles. The molecule has 0 saturated heterocycles. The molecular weight excluding hydrogens is 365 g/mol. The predicted molar refractivity (Wildman–Crippen MR) is 96.2 cm³/mol. The summed E-state index contributed by atoms with van der Waals surface area (Å²) in [5.41, 5.74) is 0.335. The summed E-state index contributed by atoms with van der Waals surface area (Å²) in [6.45, 7) is 1.72. The number of hydrogen-bond donors (Lipinski definition) is 2. The molecule has 0 aliphatic carbocycles. The van der Waals surface area contributed by atoms with Crippen LogP contribution in [0.5, 0.6) is 0 Å². The summed E-state index contributed by atoms with van der Waals surface area (Å²) in [5, 5.41) is 6.17. The quantitative estimate of drug-likeness (QED) is 0.589. The molecule has 134 valence electrons. The van der Waals surface area contributed by atoms with E-state index in [4.69, 9.17) is 11.6 Å². The number of rotatable bonds is 4. The summed E-state index contributed by atoms with van der Waals surface area (Å²) >= 11 is 6.10. The van der Waals surface area contributed by atoms with E-state index in [0.717, 1.165) is 6.07 Å². The zero-order valence-corrected chi connectivity index (χ0v) is 14.4. The van der Waals surface area contributed by atoms with Crippen LogP contribution in [-0.4, -0.2) is 9.97 Å². The zero-order chi connectivity index (χ0) is 18.7. The molecule has 0 spiro atoms. The summed E-state index contributed by atoms with van der Waals surface area (Å²) < 4.78 is 39.4. The Bertz CT molecular complexity index is 928. The Morgan fingerprint density at radius 3 is 2.23 bits per heavy atom. The Labute approximate surface area is 153 Å². The minimum absolute atomic E-state index is 0.0817. The number of para-hydroxylation sites is 2. The van der Waals surface area contributed by atoms with Crippen molar-refractivity contribution in [3.05, 3.63) is 70.9 Å². The largest absolute Gasteiger partial charge is 0.418 e. The molecule has 0 aliphatic rings. The zero-order valence-electron chi connectivity index (χ0n) is 13.6. The fraction of sp³-hybridized carbons (Fsp3) is 0.111. The topological polar surface area (TPSA) is 49.8 Å². The Balaban J connectivity index is 1.91. The molecule has 3 aromatic rings. The van der Waals surface area contributed by atoms with Gasteiger partial charge >= 0.3 is 6.18 Å². The van der Waals surface area contributed by atoms with Gasteiger partial charge in [0.2, 0.25) is 5.95 Å². The first-order chi connectivity index (χ1) is 12.3. The van der Waals surface area contributed by atoms with Gasteiger partial charge in [-0.2, -0.15) is 18.2 Å². The van der Waals surface area contributed by atoms with Crippen LogP contribution >= 0.6 is 11.6 Å². The molecule has 8 heteroatoms. The van der Waals surface area contributed by atoms with Crippen molar-refractivity contribution in [2.75, 3.05) is 10.6 Å². The molecule has 2 N–H and O–H groups in total. The first kappa shape index (κ1) is 18.0. The molecule has 0 atom stereocenters. The highest BCUT2D eigenvalue weighted by Gasteiger charge is 2.33. The first-order valence-corrected chi connectivity index (χ1v) is 8.01. The third-order valence-electron chi connectivity index (χ3n) is 3.47. The average molecular weight is 379 g/mol. The van der Waals surface area contributed by atoms with E-state index in [-0.39, 0.29) is 17.5 Å². The van der Waals surface area contributed by atoms with Gasteiger partial charge in [-0.3, -0.25) is 0 Å². The maximum atomic E-state index is 13.1. The number of hydrogen-bond acceptors (Lipinski definition) is 4. The van der Waals surface area contributed by atoms with Crippen LogP contribution in [0.3, 0.4) is 0 Å². The highest BCUT2D eigenvalue weighted by Crippen LogP contribution is 2.35. The Morgan fingerprint density at radius 2 is 1.54 bits per heavy atom. The van der Waals surface area contributed by atoms with Crippen molar-refractivity contribution in [1.82, 2.24) is 9.97 Å². The van der Waals surface area contributed by atoms with E-state index >= 15 is 0 Å². The van der Waals surface area contributed by atoms with Crippen LogP contribution in [0, 0.1) is 6.92 Å². The van der Waals surface area contributed by atoms with Gasteiger partial charge in [0.25, 0.3) is 0 Å². The molecule has 0 saturated carbocycles. The lowest BCUT2D eigenvalue weighted by atomic mass is 10.1. The van der Waals surface area contributed by atoms with Crippen molar-refractivity contribution in [3.63, 3.8) is 0 Å². The lowest BCUT2D eigenvalue weighted by molar-refractivity contribution is -0.136. The summed E-state index contributed by atoms with van der Waals surface area (Å²) in [7, 11) is 0. The number of alkyl halides is 3. The van der Waals surface area contributed by atoms with Crippen LogP contribution in [0.2, 0.25) is 5.02 Å². The lowest BCUT2D eigenvalue weighted by Crippen LogP contribution is -2.09. The smallest absolute Gasteiger partial charge is 0.340 e. The summed E-state index contributed by atoms with van der Waals surface area (Å²) in [6, 6.07) is 13.8. The molecule has 0 radical (unpaired) electrons. The maximum Gasteiger partial charge on any atom is 0.418 e. The van der Waals surface area contributed by atoms with Crippen LogP contribution in [0.25, 0.3) is 0 Å². The number of benzene rings is 2. The van der Waals surface area contributed by atoms with E-state index in [1.165, 1.54) is 18.2 Å². The van der Waals surface area contributed by atoms with Crippen molar-refractivity contribution in [1.29, 1.82) is 0 Å². The van der Waals surface area contributed by atoms with Gasteiger partial charge in [0.1, 0.15) is 5.82 Å². The van der Waals surface area contributed by atoms with Crippen LogP contribution in [0.4, 0.5) is 36.3 Å². The van der Waals surface area contributed by atoms with Gasteiger partial charge in [-0.05, 0) is 31.2 Å². The summed E-state index contributed by atoms with van der Waals surface area (Å²) in [4.78, 5) is 8.47. The predicted octanol–water partition coefficient (Wildman–Crippen LogP) is 5.94. The van der Waals surface area contributed by atoms with Crippen LogP contribution in [0.15, 0.2) is 54.6 Å². The number of halogens is 4. The third kappa shape index (κ3) is 4.23. The van der Waals surface area contributed by atoms with Gasteiger partial charge in [-0.1, -0.05) is 35.9 Å². The highest BCUT2D eigenvalue weighted by atomic mass is 35.5. The molecule has 0 fully saturated rings. The molecule has 1 heterocycles. The van der Waals surface area contributed by atoms with E-state index in [9.17, 15) is 13.2 Å². The Kier molecular flexibility index (Phi) is 4.99. The third-order valence-corrected chi connectivity index (χ3v) is 3.80. The standard InChI is InChI=1S/C18H14ClF3N4/c1-11-10-16(24-14-8-4-2-6-12(14)18(20,21)22)26-17(23-11)25-15-9-5-3-7-13(15)19/h2-10H,1H3,(H2,23,24,25,26). The van der Waals surface area contributed by atoms with E-state index in [2.05, 4.69) is 20.6 Å². The highest BCUT2D eigenvalue weighted by molar-refractivity contribution is 6.33. The fourth-order valence-electron chi connectivity index (χ4n) is 2.35. The lowest BCUT2D eigenvalue weighted by Gasteiger charge is -2.15. The van der Waals surface area contributed by atoms with Crippen molar-refractivity contribution < 1.29 is 13.2 Å². The minimum Gasteiger partial charge on any atom is -0.340 e. The SMILES string of the molecule is Cc1cc(Nc2ccccc2C(F)(F)F)nc(Nc2ccccc2Cl)n1. The number of nitrogens with zero attached hydrogens (tertiary/aromatic N) is 2. The molecule has 0 unspecified atom stereocenters. The van der Waals surface area contributed by atoms with Crippen molar-refractivity contribution >= 4 is 34.7 Å². The maximum absolute atomic E-state index is 13.1. The number of aromatic nitrogens is 2. The second-order valence-corrected chi connectivity index (χ2v) is 5.90. The van der Waals surface area contributed by atoms with Crippen molar-refractivity contribution in [2.45, 2.75) is 13.1 Å². The van der Waals surface area contributed by atoms with Gasteiger partial charge in [0.15, 0.2) is 0 Å². The monoisotopic (exact) mass is 378 g/mol. The second-order valence-electron chi connectivity index (χ2n) is 5.49. The normalized spacial score (nSPS) is 11.3. The van der Waals surface area contributed by atoms with Gasteiger partial charge in [0.05, 0.1) is 22.0 Å². The Morgan fingerprint density at radius 1 is 0.885 bits per heavy atom. The molecule has 26 heavy (non-hydrogen) atoms. The summed E-state index contributed by atoms with van der Waals surface area (Å²) in [6.07, 6.45) is -4.47. The molecule has 0 aliphatic heterocycles. The fourth-order valence-corrected chi connectivity index (χ4v) is 2.53. The average Bonchev–Trinajstić information content (AvgIpc) is 2.56. The molecule has 4 nitrogen and oxygen atoms in total. The molecule has 2 aromatic carbocycles. The van der Waals surface area contributed by atoms with Gasteiger partial charge in [0, 0.05) is 11.8 Å². The van der Waals surface area contributed by atoms with E-state index in [1.54, 1.807) is 37.3 Å². The van der Waals surface area contributed by atoms with E-state index in [1.807, 2.05) is 0 Å². The van der Waals surface area contributed by atoms with Crippen molar-refractivity contribution in [3.8, 4) is 0 Å². The second kappa shape index (κ2) is 7.21. The van der Waals surface area contributed by atoms with E-state index in [0.29, 0.717) is 16.4 Å². The van der Waals surface area contributed by atoms with Gasteiger partial charge < -0.3 is 10.6 Å². The first-order valence-electron chi connectivity index (χ1n) is 7.63. The molecule has 3 rings (SSSR count). The number of anilines is 4. The molecular formula is C18H14ClF3N4. The van der Waals surface area contributed by atoms with Crippen molar-refractivity contribution in [2.24, 2.45) is 0 Å². The van der Waals surface area contributed by atoms with Crippen LogP contribution in [-0.2, 0) is 6.18 Å². The minimum atomic E-state index is -4.47. The number of aryl methyl sites for hydroxylation is 1. The Hall–Kier alpha value is -2.80. The number of nitrogens with one attached hydrogen (secondary N) is 2.